The smallest absolute Gasteiger partial charge is 0.244 e. The number of carbonyl (C=O) groups excluding carboxylic acids is 1. The first-order chi connectivity index (χ1) is 10.7. The standard InChI is InChI=1S/C14H14N6O2/c15-6-11-1-3-17-13(5-11)22-12-2-4-19(7-12)14(21)8-20-10-16-9-18-20/h1,3,5,9-10,12H,2,4,7-8H2. The van der Waals surface area contributed by atoms with Gasteiger partial charge in [0.1, 0.15) is 25.3 Å². The Bertz CT molecular complexity index is 694. The highest BCUT2D eigenvalue weighted by Gasteiger charge is 2.28. The summed E-state index contributed by atoms with van der Waals surface area (Å²) in [6.45, 7) is 1.32. The van der Waals surface area contributed by atoms with Gasteiger partial charge in [0.05, 0.1) is 18.2 Å². The molecule has 0 bridgehead atoms. The van der Waals surface area contributed by atoms with Crippen LogP contribution in [0.1, 0.15) is 12.0 Å². The molecule has 1 aliphatic rings. The Hall–Kier alpha value is -2.95. The fourth-order valence-corrected chi connectivity index (χ4v) is 2.32. The number of nitriles is 1. The second-order valence-corrected chi connectivity index (χ2v) is 4.96. The Morgan fingerprint density at radius 1 is 1.55 bits per heavy atom. The fourth-order valence-electron chi connectivity index (χ4n) is 2.32. The Labute approximate surface area is 127 Å². The Kier molecular flexibility index (Phi) is 3.96. The van der Waals surface area contributed by atoms with Crippen molar-refractivity contribution in [2.75, 3.05) is 13.1 Å². The molecule has 22 heavy (non-hydrogen) atoms. The van der Waals surface area contributed by atoms with Crippen molar-refractivity contribution < 1.29 is 9.53 Å². The van der Waals surface area contributed by atoms with Gasteiger partial charge < -0.3 is 9.64 Å². The molecule has 8 heteroatoms. The SMILES string of the molecule is N#Cc1ccnc(OC2CCN(C(=O)Cn3cncn3)C2)c1. The van der Waals surface area contributed by atoms with E-state index in [-0.39, 0.29) is 18.6 Å². The predicted molar refractivity (Wildman–Crippen MR) is 74.6 cm³/mol. The molecule has 0 aliphatic carbocycles. The maximum absolute atomic E-state index is 12.1. The molecule has 0 spiro atoms. The van der Waals surface area contributed by atoms with Gasteiger partial charge in [0.15, 0.2) is 0 Å². The van der Waals surface area contributed by atoms with Gasteiger partial charge in [-0.25, -0.2) is 14.6 Å². The molecule has 2 aromatic rings. The maximum Gasteiger partial charge on any atom is 0.244 e. The lowest BCUT2D eigenvalue weighted by Gasteiger charge is -2.16. The average molecular weight is 298 g/mol. The quantitative estimate of drug-likeness (QED) is 0.801. The fraction of sp³-hybridized carbons (Fsp3) is 0.357. The third-order valence-corrected chi connectivity index (χ3v) is 3.41. The van der Waals surface area contributed by atoms with Crippen LogP contribution in [0.25, 0.3) is 0 Å². The van der Waals surface area contributed by atoms with Gasteiger partial charge in [0.2, 0.25) is 11.8 Å². The Morgan fingerprint density at radius 2 is 2.45 bits per heavy atom. The molecular weight excluding hydrogens is 284 g/mol. The zero-order valence-electron chi connectivity index (χ0n) is 11.8. The molecule has 8 nitrogen and oxygen atoms in total. The molecular formula is C14H14N6O2. The summed E-state index contributed by atoms with van der Waals surface area (Å²) in [5, 5.41) is 12.8. The topological polar surface area (TPSA) is 96.9 Å². The van der Waals surface area contributed by atoms with Crippen molar-refractivity contribution in [3.05, 3.63) is 36.5 Å². The number of aromatic nitrogens is 4. The van der Waals surface area contributed by atoms with Crippen molar-refractivity contribution in [2.45, 2.75) is 19.1 Å². The normalized spacial score (nSPS) is 17.2. The van der Waals surface area contributed by atoms with E-state index in [1.165, 1.54) is 23.5 Å². The number of pyridine rings is 1. The highest BCUT2D eigenvalue weighted by atomic mass is 16.5. The number of hydrogen-bond acceptors (Lipinski definition) is 6. The van der Waals surface area contributed by atoms with Crippen LogP contribution < -0.4 is 4.74 Å². The monoisotopic (exact) mass is 298 g/mol. The van der Waals surface area contributed by atoms with Gasteiger partial charge in [-0.1, -0.05) is 0 Å². The van der Waals surface area contributed by atoms with E-state index < -0.39 is 0 Å². The highest BCUT2D eigenvalue weighted by molar-refractivity contribution is 5.76. The number of amides is 1. The molecule has 0 radical (unpaired) electrons. The van der Waals surface area contributed by atoms with Crippen molar-refractivity contribution in [1.29, 1.82) is 5.26 Å². The van der Waals surface area contributed by atoms with Crippen molar-refractivity contribution >= 4 is 5.91 Å². The highest BCUT2D eigenvalue weighted by Crippen LogP contribution is 2.17. The zero-order valence-corrected chi connectivity index (χ0v) is 11.8. The predicted octanol–water partition coefficient (Wildman–Crippen LogP) is 0.225. The minimum atomic E-state index is -0.110. The van der Waals surface area contributed by atoms with Crippen LogP contribution in [0.5, 0.6) is 5.88 Å². The van der Waals surface area contributed by atoms with E-state index >= 15 is 0 Å². The summed E-state index contributed by atoms with van der Waals surface area (Å²) in [5.41, 5.74) is 0.502. The number of carbonyl (C=O) groups is 1. The lowest BCUT2D eigenvalue weighted by atomic mass is 10.3. The van der Waals surface area contributed by atoms with Crippen molar-refractivity contribution in [1.82, 2.24) is 24.6 Å². The molecule has 2 aromatic heterocycles. The van der Waals surface area contributed by atoms with Crippen LogP contribution in [0.3, 0.4) is 0 Å². The largest absolute Gasteiger partial charge is 0.472 e. The number of nitrogens with zero attached hydrogens (tertiary/aromatic N) is 6. The minimum absolute atomic E-state index is 0.0182. The van der Waals surface area contributed by atoms with Crippen LogP contribution in [0.2, 0.25) is 0 Å². The first-order valence-corrected chi connectivity index (χ1v) is 6.87. The van der Waals surface area contributed by atoms with Gasteiger partial charge in [0.25, 0.3) is 0 Å². The molecule has 1 atom stereocenters. The van der Waals surface area contributed by atoms with Gasteiger partial charge in [-0.05, 0) is 6.07 Å². The molecule has 0 N–H and O–H groups in total. The molecule has 112 valence electrons. The molecule has 1 fully saturated rings. The zero-order chi connectivity index (χ0) is 15.4. The summed E-state index contributed by atoms with van der Waals surface area (Å²) in [6.07, 6.45) is 5.08. The average Bonchev–Trinajstić information content (AvgIpc) is 3.19. The lowest BCUT2D eigenvalue weighted by Crippen LogP contribution is -2.33. The van der Waals surface area contributed by atoms with E-state index in [9.17, 15) is 4.79 Å². The number of rotatable bonds is 4. The van der Waals surface area contributed by atoms with Gasteiger partial charge in [-0.2, -0.15) is 10.4 Å². The molecule has 1 amide bonds. The number of likely N-dealkylation sites (tertiary alicyclic amines) is 1. The van der Waals surface area contributed by atoms with E-state index in [1.54, 1.807) is 17.0 Å². The summed E-state index contributed by atoms with van der Waals surface area (Å²) in [6, 6.07) is 5.26. The van der Waals surface area contributed by atoms with Crippen LogP contribution in [-0.4, -0.2) is 49.7 Å². The molecule has 1 unspecified atom stereocenters. The number of ether oxygens (including phenoxy) is 1. The van der Waals surface area contributed by atoms with Crippen LogP contribution >= 0.6 is 0 Å². The summed E-state index contributed by atoms with van der Waals surface area (Å²) in [4.78, 5) is 21.8. The van der Waals surface area contributed by atoms with Gasteiger partial charge in [0, 0.05) is 25.2 Å². The molecule has 1 aliphatic heterocycles. The van der Waals surface area contributed by atoms with Gasteiger partial charge in [-0.15, -0.1) is 0 Å². The first-order valence-electron chi connectivity index (χ1n) is 6.87. The van der Waals surface area contributed by atoms with E-state index in [1.807, 2.05) is 6.07 Å². The maximum atomic E-state index is 12.1. The molecule has 3 heterocycles. The second-order valence-electron chi connectivity index (χ2n) is 4.96. The molecule has 0 aromatic carbocycles. The van der Waals surface area contributed by atoms with Crippen LogP contribution in [0.15, 0.2) is 31.0 Å². The second kappa shape index (κ2) is 6.22. The Morgan fingerprint density at radius 3 is 3.23 bits per heavy atom. The molecule has 1 saturated heterocycles. The minimum Gasteiger partial charge on any atom is -0.472 e. The van der Waals surface area contributed by atoms with Crippen molar-refractivity contribution in [2.24, 2.45) is 0 Å². The van der Waals surface area contributed by atoms with Crippen LogP contribution in [-0.2, 0) is 11.3 Å². The molecule has 0 saturated carbocycles. The van der Waals surface area contributed by atoms with Crippen molar-refractivity contribution in [3.63, 3.8) is 0 Å². The van der Waals surface area contributed by atoms with E-state index in [0.29, 0.717) is 24.5 Å². The van der Waals surface area contributed by atoms with E-state index in [2.05, 4.69) is 15.1 Å². The Balaban J connectivity index is 1.55. The van der Waals surface area contributed by atoms with E-state index in [0.717, 1.165) is 6.42 Å². The van der Waals surface area contributed by atoms with Crippen molar-refractivity contribution in [3.8, 4) is 11.9 Å². The summed E-state index contributed by atoms with van der Waals surface area (Å²) >= 11 is 0. The third-order valence-electron chi connectivity index (χ3n) is 3.41. The lowest BCUT2D eigenvalue weighted by molar-refractivity contribution is -0.131. The number of hydrogen-bond donors (Lipinski definition) is 0. The van der Waals surface area contributed by atoms with E-state index in [4.69, 9.17) is 10.00 Å². The van der Waals surface area contributed by atoms with Gasteiger partial charge >= 0.3 is 0 Å². The summed E-state index contributed by atoms with van der Waals surface area (Å²) in [7, 11) is 0. The summed E-state index contributed by atoms with van der Waals surface area (Å²) in [5.74, 6) is 0.393. The molecule has 3 rings (SSSR count). The third kappa shape index (κ3) is 3.20. The first kappa shape index (κ1) is 14.0. The van der Waals surface area contributed by atoms with Gasteiger partial charge in [-0.3, -0.25) is 4.79 Å². The van der Waals surface area contributed by atoms with Crippen LogP contribution in [0, 0.1) is 11.3 Å². The van der Waals surface area contributed by atoms with Crippen LogP contribution in [0.4, 0.5) is 0 Å². The summed E-state index contributed by atoms with van der Waals surface area (Å²) < 4.78 is 7.24.